The molecule has 0 spiro atoms. The zero-order valence-electron chi connectivity index (χ0n) is 16.7. The van der Waals surface area contributed by atoms with Crippen LogP contribution in [0, 0.1) is 11.3 Å². The number of benzene rings is 1. The number of aromatic nitrogens is 3. The maximum atomic E-state index is 9.44. The van der Waals surface area contributed by atoms with Crippen LogP contribution in [0.4, 0.5) is 11.5 Å². The Balaban J connectivity index is 2.03. The van der Waals surface area contributed by atoms with Gasteiger partial charge in [0.15, 0.2) is 5.65 Å². The molecule has 0 radical (unpaired) electrons. The van der Waals surface area contributed by atoms with Crippen molar-refractivity contribution in [2.24, 2.45) is 0 Å². The topological polar surface area (TPSA) is 87.7 Å². The average molecular weight is 449 g/mol. The van der Waals surface area contributed by atoms with E-state index in [0.717, 1.165) is 11.4 Å². The van der Waals surface area contributed by atoms with Crippen LogP contribution in [-0.4, -0.2) is 58.6 Å². The van der Waals surface area contributed by atoms with Gasteiger partial charge in [0.05, 0.1) is 26.1 Å². The Morgan fingerprint density at radius 2 is 1.77 bits per heavy atom. The van der Waals surface area contributed by atoms with Gasteiger partial charge in [-0.05, 0) is 0 Å². The van der Waals surface area contributed by atoms with Crippen molar-refractivity contribution in [1.82, 2.24) is 19.5 Å². The SMILES string of the molecule is COc1cc(Nc2cc(CN(CCCl)CCCl)nc3c(C#N)cnn23)cc(OC)c1. The molecule has 0 atom stereocenters. The van der Waals surface area contributed by atoms with Crippen molar-refractivity contribution in [2.75, 3.05) is 44.4 Å². The third-order valence-electron chi connectivity index (χ3n) is 4.46. The summed E-state index contributed by atoms with van der Waals surface area (Å²) in [5, 5.41) is 17.1. The summed E-state index contributed by atoms with van der Waals surface area (Å²) in [5.74, 6) is 2.93. The average Bonchev–Trinajstić information content (AvgIpc) is 3.17. The Morgan fingerprint density at radius 1 is 1.10 bits per heavy atom. The monoisotopic (exact) mass is 448 g/mol. The lowest BCUT2D eigenvalue weighted by molar-refractivity contribution is 0.296. The number of ether oxygens (including phenoxy) is 2. The van der Waals surface area contributed by atoms with E-state index in [1.807, 2.05) is 18.2 Å². The van der Waals surface area contributed by atoms with Gasteiger partial charge in [0, 0.05) is 61.3 Å². The molecular weight excluding hydrogens is 427 g/mol. The molecule has 158 valence electrons. The lowest BCUT2D eigenvalue weighted by atomic mass is 10.2. The third kappa shape index (κ3) is 5.05. The number of nitrogens with zero attached hydrogens (tertiary/aromatic N) is 5. The summed E-state index contributed by atoms with van der Waals surface area (Å²) in [5.41, 5.74) is 2.39. The lowest BCUT2D eigenvalue weighted by Gasteiger charge is -2.20. The summed E-state index contributed by atoms with van der Waals surface area (Å²) in [6, 6.07) is 9.51. The van der Waals surface area contributed by atoms with Gasteiger partial charge in [-0.3, -0.25) is 4.90 Å². The standard InChI is InChI=1S/C20H22Cl2N6O2/c1-29-17-7-15(8-18(10-17)30-2)25-19-9-16(13-27(5-3-21)6-4-22)26-20-14(11-23)12-24-28(19)20/h7-10,12,25H,3-6,13H2,1-2H3. The normalized spacial score (nSPS) is 10.9. The highest BCUT2D eigenvalue weighted by Crippen LogP contribution is 2.29. The fourth-order valence-corrected chi connectivity index (χ4v) is 3.51. The molecule has 0 fully saturated rings. The van der Waals surface area contributed by atoms with Crippen molar-refractivity contribution in [3.63, 3.8) is 0 Å². The molecule has 0 aliphatic carbocycles. The molecule has 3 aromatic rings. The van der Waals surface area contributed by atoms with Crippen LogP contribution < -0.4 is 14.8 Å². The number of methoxy groups -OCH3 is 2. The molecule has 0 amide bonds. The van der Waals surface area contributed by atoms with Crippen molar-refractivity contribution in [3.8, 4) is 17.6 Å². The molecule has 2 aromatic heterocycles. The number of halogens is 2. The Hall–Kier alpha value is -2.73. The van der Waals surface area contributed by atoms with Crippen molar-refractivity contribution >= 4 is 40.4 Å². The van der Waals surface area contributed by atoms with Gasteiger partial charge in [-0.2, -0.15) is 14.9 Å². The van der Waals surface area contributed by atoms with E-state index in [1.54, 1.807) is 24.8 Å². The molecule has 0 saturated carbocycles. The van der Waals surface area contributed by atoms with Gasteiger partial charge >= 0.3 is 0 Å². The number of anilines is 2. The minimum Gasteiger partial charge on any atom is -0.497 e. The van der Waals surface area contributed by atoms with Crippen LogP contribution in [0.1, 0.15) is 11.3 Å². The smallest absolute Gasteiger partial charge is 0.175 e. The minimum absolute atomic E-state index is 0.393. The quantitative estimate of drug-likeness (QED) is 0.473. The van der Waals surface area contributed by atoms with Gasteiger partial charge in [0.2, 0.25) is 0 Å². The molecule has 0 saturated heterocycles. The molecule has 0 aliphatic rings. The second kappa shape index (κ2) is 10.3. The Bertz CT molecular complexity index is 1020. The molecular formula is C20H22Cl2N6O2. The van der Waals surface area contributed by atoms with E-state index in [4.69, 9.17) is 32.7 Å². The Kier molecular flexibility index (Phi) is 7.57. The maximum Gasteiger partial charge on any atom is 0.175 e. The van der Waals surface area contributed by atoms with E-state index >= 15 is 0 Å². The molecule has 10 heteroatoms. The summed E-state index contributed by atoms with van der Waals surface area (Å²) >= 11 is 11.8. The number of hydrogen-bond acceptors (Lipinski definition) is 7. The maximum absolute atomic E-state index is 9.44. The van der Waals surface area contributed by atoms with Gasteiger partial charge in [0.1, 0.15) is 28.9 Å². The summed E-state index contributed by atoms with van der Waals surface area (Å²) in [4.78, 5) is 6.75. The number of alkyl halides is 2. The van der Waals surface area contributed by atoms with Crippen LogP contribution in [0.3, 0.4) is 0 Å². The van der Waals surface area contributed by atoms with Crippen LogP contribution in [0.25, 0.3) is 5.65 Å². The first-order valence-electron chi connectivity index (χ1n) is 9.24. The summed E-state index contributed by atoms with van der Waals surface area (Å²) in [6.07, 6.45) is 1.50. The van der Waals surface area contributed by atoms with Crippen molar-refractivity contribution in [2.45, 2.75) is 6.54 Å². The second-order valence-electron chi connectivity index (χ2n) is 6.42. The molecule has 2 heterocycles. The molecule has 1 N–H and O–H groups in total. The van der Waals surface area contributed by atoms with Crippen LogP contribution in [0.15, 0.2) is 30.5 Å². The van der Waals surface area contributed by atoms with E-state index in [2.05, 4.69) is 26.4 Å². The van der Waals surface area contributed by atoms with Gasteiger partial charge in [-0.1, -0.05) is 0 Å². The van der Waals surface area contributed by atoms with Crippen LogP contribution in [0.5, 0.6) is 11.5 Å². The van der Waals surface area contributed by atoms with Gasteiger partial charge in [-0.25, -0.2) is 4.98 Å². The highest BCUT2D eigenvalue weighted by molar-refractivity contribution is 6.18. The van der Waals surface area contributed by atoms with E-state index in [0.29, 0.717) is 59.9 Å². The summed E-state index contributed by atoms with van der Waals surface area (Å²) in [7, 11) is 3.19. The Labute approximate surface area is 184 Å². The largest absolute Gasteiger partial charge is 0.497 e. The van der Waals surface area contributed by atoms with E-state index in [1.165, 1.54) is 6.20 Å². The van der Waals surface area contributed by atoms with Crippen LogP contribution in [-0.2, 0) is 6.54 Å². The molecule has 0 unspecified atom stereocenters. The predicted octanol–water partition coefficient (Wildman–Crippen LogP) is 3.64. The van der Waals surface area contributed by atoms with E-state index < -0.39 is 0 Å². The highest BCUT2D eigenvalue weighted by Gasteiger charge is 2.15. The molecule has 0 bridgehead atoms. The Morgan fingerprint density at radius 3 is 2.33 bits per heavy atom. The number of nitriles is 1. The lowest BCUT2D eigenvalue weighted by Crippen LogP contribution is -2.28. The van der Waals surface area contributed by atoms with Gasteiger partial charge in [0.25, 0.3) is 0 Å². The summed E-state index contributed by atoms with van der Waals surface area (Å²) in [6.45, 7) is 1.91. The predicted molar refractivity (Wildman–Crippen MR) is 117 cm³/mol. The number of hydrogen-bond donors (Lipinski definition) is 1. The van der Waals surface area contributed by atoms with Crippen molar-refractivity contribution in [1.29, 1.82) is 5.26 Å². The minimum atomic E-state index is 0.393. The molecule has 8 nitrogen and oxygen atoms in total. The number of rotatable bonds is 10. The first kappa shape index (κ1) is 22.0. The van der Waals surface area contributed by atoms with Gasteiger partial charge < -0.3 is 14.8 Å². The zero-order valence-corrected chi connectivity index (χ0v) is 18.2. The first-order valence-corrected chi connectivity index (χ1v) is 10.3. The summed E-state index contributed by atoms with van der Waals surface area (Å²) < 4.78 is 12.3. The molecule has 0 aliphatic heterocycles. The fraction of sp³-hybridized carbons (Fsp3) is 0.350. The molecule has 30 heavy (non-hydrogen) atoms. The van der Waals surface area contributed by atoms with E-state index in [9.17, 15) is 5.26 Å². The van der Waals surface area contributed by atoms with Crippen molar-refractivity contribution < 1.29 is 9.47 Å². The number of fused-ring (bicyclic) bond motifs is 1. The molecule has 3 rings (SSSR count). The van der Waals surface area contributed by atoms with Crippen LogP contribution in [0.2, 0.25) is 0 Å². The third-order valence-corrected chi connectivity index (χ3v) is 4.79. The fourth-order valence-electron chi connectivity index (χ4n) is 3.03. The molecule has 1 aromatic carbocycles. The van der Waals surface area contributed by atoms with Crippen LogP contribution >= 0.6 is 23.2 Å². The van der Waals surface area contributed by atoms with Crippen molar-refractivity contribution in [3.05, 3.63) is 41.7 Å². The zero-order chi connectivity index (χ0) is 21.5. The van der Waals surface area contributed by atoms with Gasteiger partial charge in [-0.15, -0.1) is 23.2 Å². The first-order chi connectivity index (χ1) is 14.6. The second-order valence-corrected chi connectivity index (χ2v) is 7.17. The van der Waals surface area contributed by atoms with E-state index in [-0.39, 0.29) is 0 Å². The number of nitrogens with one attached hydrogen (secondary N) is 1. The highest BCUT2D eigenvalue weighted by atomic mass is 35.5.